The van der Waals surface area contributed by atoms with E-state index in [4.69, 9.17) is 0 Å². The van der Waals surface area contributed by atoms with E-state index >= 15 is 0 Å². The molecule has 0 aliphatic heterocycles. The van der Waals surface area contributed by atoms with Crippen molar-refractivity contribution < 1.29 is 0 Å². The molecule has 0 fully saturated rings. The summed E-state index contributed by atoms with van der Waals surface area (Å²) in [5.74, 6) is 1.31. The summed E-state index contributed by atoms with van der Waals surface area (Å²) in [6, 6.07) is 0.782. The van der Waals surface area contributed by atoms with Gasteiger partial charge in [0, 0.05) is 6.04 Å². The Morgan fingerprint density at radius 1 is 1.00 bits per heavy atom. The molecule has 0 aromatic rings. The first kappa shape index (κ1) is 15.3. The maximum absolute atomic E-state index is 3.71. The molecule has 0 rings (SSSR count). The van der Waals surface area contributed by atoms with Crippen LogP contribution in [0.5, 0.6) is 0 Å². The van der Waals surface area contributed by atoms with Crippen molar-refractivity contribution in [1.29, 1.82) is 0 Å². The van der Waals surface area contributed by atoms with Crippen LogP contribution in [0.15, 0.2) is 0 Å². The fourth-order valence-electron chi connectivity index (χ4n) is 1.83. The van der Waals surface area contributed by atoms with Gasteiger partial charge in [-0.2, -0.15) is 11.8 Å². The smallest absolute Gasteiger partial charge is 0.00669 e. The molecule has 0 aromatic heterocycles. The second-order valence-electron chi connectivity index (χ2n) is 4.28. The first-order valence-corrected chi connectivity index (χ1v) is 7.96. The van der Waals surface area contributed by atoms with Crippen molar-refractivity contribution in [3.8, 4) is 0 Å². The summed E-state index contributed by atoms with van der Waals surface area (Å²) in [6.07, 6.45) is 11.6. The first-order valence-electron chi connectivity index (χ1n) is 6.57. The van der Waals surface area contributed by atoms with E-state index < -0.39 is 0 Å². The van der Waals surface area contributed by atoms with Crippen molar-refractivity contribution in [3.05, 3.63) is 0 Å². The molecule has 1 unspecified atom stereocenters. The van der Waals surface area contributed by atoms with E-state index in [2.05, 4.69) is 25.4 Å². The zero-order valence-electron chi connectivity index (χ0n) is 10.8. The molecular formula is C13H29NS. The number of hydrogen-bond donors (Lipinski definition) is 1. The second-order valence-corrected chi connectivity index (χ2v) is 5.27. The SMILES string of the molecule is CCCCC(CCC)NCCCCSC. The van der Waals surface area contributed by atoms with E-state index in [0.717, 1.165) is 6.04 Å². The molecule has 1 nitrogen and oxygen atoms in total. The Hall–Kier alpha value is 0.310. The lowest BCUT2D eigenvalue weighted by molar-refractivity contribution is 0.431. The van der Waals surface area contributed by atoms with E-state index in [9.17, 15) is 0 Å². The Morgan fingerprint density at radius 2 is 1.80 bits per heavy atom. The highest BCUT2D eigenvalue weighted by Gasteiger charge is 2.05. The highest BCUT2D eigenvalue weighted by Crippen LogP contribution is 2.07. The van der Waals surface area contributed by atoms with Crippen molar-refractivity contribution in [2.24, 2.45) is 0 Å². The maximum Gasteiger partial charge on any atom is 0.00669 e. The van der Waals surface area contributed by atoms with Crippen molar-refractivity contribution in [2.75, 3.05) is 18.6 Å². The lowest BCUT2D eigenvalue weighted by Gasteiger charge is -2.17. The second kappa shape index (κ2) is 12.4. The van der Waals surface area contributed by atoms with Gasteiger partial charge >= 0.3 is 0 Å². The molecule has 0 heterocycles. The van der Waals surface area contributed by atoms with Gasteiger partial charge in [0.2, 0.25) is 0 Å². The zero-order chi connectivity index (χ0) is 11.4. The summed E-state index contributed by atoms with van der Waals surface area (Å²) in [4.78, 5) is 0. The van der Waals surface area contributed by atoms with Crippen molar-refractivity contribution >= 4 is 11.8 Å². The van der Waals surface area contributed by atoms with Gasteiger partial charge in [0.25, 0.3) is 0 Å². The molecule has 0 saturated heterocycles. The van der Waals surface area contributed by atoms with Gasteiger partial charge in [-0.25, -0.2) is 0 Å². The summed E-state index contributed by atoms with van der Waals surface area (Å²) in [6.45, 7) is 5.78. The van der Waals surface area contributed by atoms with E-state index in [1.54, 1.807) is 0 Å². The predicted molar refractivity (Wildman–Crippen MR) is 73.8 cm³/mol. The van der Waals surface area contributed by atoms with Crippen LogP contribution in [-0.2, 0) is 0 Å². The highest BCUT2D eigenvalue weighted by atomic mass is 32.2. The molecule has 0 aliphatic rings. The van der Waals surface area contributed by atoms with Gasteiger partial charge in [-0.05, 0) is 44.2 Å². The van der Waals surface area contributed by atoms with Crippen molar-refractivity contribution in [2.45, 2.75) is 64.8 Å². The molecular weight excluding hydrogens is 202 g/mol. The maximum atomic E-state index is 3.71. The molecule has 0 saturated carbocycles. The average molecular weight is 231 g/mol. The van der Waals surface area contributed by atoms with E-state index in [0.29, 0.717) is 0 Å². The van der Waals surface area contributed by atoms with Gasteiger partial charge in [-0.15, -0.1) is 0 Å². The fraction of sp³-hybridized carbons (Fsp3) is 1.00. The summed E-state index contributed by atoms with van der Waals surface area (Å²) in [5, 5.41) is 3.71. The van der Waals surface area contributed by atoms with Gasteiger partial charge in [-0.1, -0.05) is 33.1 Å². The lowest BCUT2D eigenvalue weighted by Crippen LogP contribution is -2.29. The van der Waals surface area contributed by atoms with Crippen molar-refractivity contribution in [3.63, 3.8) is 0 Å². The largest absolute Gasteiger partial charge is 0.314 e. The molecule has 15 heavy (non-hydrogen) atoms. The van der Waals surface area contributed by atoms with Gasteiger partial charge in [0.15, 0.2) is 0 Å². The quantitative estimate of drug-likeness (QED) is 0.538. The number of thioether (sulfide) groups is 1. The van der Waals surface area contributed by atoms with E-state index in [1.165, 1.54) is 57.2 Å². The van der Waals surface area contributed by atoms with Crippen LogP contribution in [0, 0.1) is 0 Å². The molecule has 0 spiro atoms. The van der Waals surface area contributed by atoms with E-state index in [1.807, 2.05) is 11.8 Å². The molecule has 1 atom stereocenters. The molecule has 0 radical (unpaired) electrons. The Bertz CT molecular complexity index is 117. The third-order valence-corrected chi connectivity index (χ3v) is 3.45. The van der Waals surface area contributed by atoms with Gasteiger partial charge in [0.1, 0.15) is 0 Å². The molecule has 0 amide bonds. The highest BCUT2D eigenvalue weighted by molar-refractivity contribution is 7.98. The number of hydrogen-bond acceptors (Lipinski definition) is 2. The van der Waals surface area contributed by atoms with Crippen LogP contribution in [0.4, 0.5) is 0 Å². The average Bonchev–Trinajstić information content (AvgIpc) is 2.25. The van der Waals surface area contributed by atoms with Crippen LogP contribution < -0.4 is 5.32 Å². The minimum atomic E-state index is 0.782. The van der Waals surface area contributed by atoms with Crippen LogP contribution in [-0.4, -0.2) is 24.6 Å². The van der Waals surface area contributed by atoms with Crippen LogP contribution in [0.3, 0.4) is 0 Å². The lowest BCUT2D eigenvalue weighted by atomic mass is 10.1. The summed E-state index contributed by atoms with van der Waals surface area (Å²) >= 11 is 1.96. The topological polar surface area (TPSA) is 12.0 Å². The van der Waals surface area contributed by atoms with Gasteiger partial charge in [-0.3, -0.25) is 0 Å². The van der Waals surface area contributed by atoms with Crippen LogP contribution in [0.2, 0.25) is 0 Å². The Labute approximate surface area is 101 Å². The van der Waals surface area contributed by atoms with Gasteiger partial charge < -0.3 is 5.32 Å². The van der Waals surface area contributed by atoms with Crippen molar-refractivity contribution in [1.82, 2.24) is 5.32 Å². The van der Waals surface area contributed by atoms with Gasteiger partial charge in [0.05, 0.1) is 0 Å². The van der Waals surface area contributed by atoms with Crippen LogP contribution >= 0.6 is 11.8 Å². The standard InChI is InChI=1S/C13H29NS/c1-4-6-10-13(9-5-2)14-11-7-8-12-15-3/h13-14H,4-12H2,1-3H3. The summed E-state index contributed by atoms with van der Waals surface area (Å²) < 4.78 is 0. The third-order valence-electron chi connectivity index (χ3n) is 2.75. The Balaban J connectivity index is 3.38. The molecule has 2 heteroatoms. The Morgan fingerprint density at radius 3 is 2.40 bits per heavy atom. The molecule has 0 aromatic carbocycles. The monoisotopic (exact) mass is 231 g/mol. The third kappa shape index (κ3) is 10.6. The van der Waals surface area contributed by atoms with Crippen LogP contribution in [0.1, 0.15) is 58.8 Å². The Kier molecular flexibility index (Phi) is 12.6. The molecule has 0 bridgehead atoms. The molecule has 0 aliphatic carbocycles. The summed E-state index contributed by atoms with van der Waals surface area (Å²) in [5.41, 5.74) is 0. The van der Waals surface area contributed by atoms with E-state index in [-0.39, 0.29) is 0 Å². The normalized spacial score (nSPS) is 13.0. The molecule has 92 valence electrons. The first-order chi connectivity index (χ1) is 7.35. The number of rotatable bonds is 11. The zero-order valence-corrected chi connectivity index (χ0v) is 11.7. The summed E-state index contributed by atoms with van der Waals surface area (Å²) in [7, 11) is 0. The number of nitrogens with one attached hydrogen (secondary N) is 1. The minimum Gasteiger partial charge on any atom is -0.314 e. The predicted octanol–water partition coefficient (Wildman–Crippen LogP) is 4.08. The van der Waals surface area contributed by atoms with Crippen LogP contribution in [0.25, 0.3) is 0 Å². The minimum absolute atomic E-state index is 0.782. The fourth-order valence-corrected chi connectivity index (χ4v) is 2.32. The number of unbranched alkanes of at least 4 members (excludes halogenated alkanes) is 2. The molecule has 1 N–H and O–H groups in total.